The zero-order chi connectivity index (χ0) is 15.1. The lowest BCUT2D eigenvalue weighted by molar-refractivity contribution is -0.227. The molecule has 0 radical (unpaired) electrons. The van der Waals surface area contributed by atoms with Gasteiger partial charge in [0.15, 0.2) is 5.41 Å². The van der Waals surface area contributed by atoms with E-state index in [2.05, 4.69) is 0 Å². The van der Waals surface area contributed by atoms with Crippen molar-refractivity contribution in [2.75, 3.05) is 13.1 Å². The first-order chi connectivity index (χ1) is 9.17. The maximum Gasteiger partial charge on any atom is 0.406 e. The van der Waals surface area contributed by atoms with Crippen LogP contribution in [-0.4, -0.2) is 41.1 Å². The van der Waals surface area contributed by atoms with Crippen molar-refractivity contribution in [3.05, 3.63) is 21.3 Å². The number of carbonyl (C=O) groups excluding carboxylic acids is 1. The molecule has 0 bridgehead atoms. The van der Waals surface area contributed by atoms with E-state index in [1.54, 1.807) is 0 Å². The molecule has 1 aliphatic rings. The van der Waals surface area contributed by atoms with E-state index in [0.717, 1.165) is 16.2 Å². The Morgan fingerprint density at radius 3 is 2.45 bits per heavy atom. The first-order valence-electron chi connectivity index (χ1n) is 5.52. The molecule has 4 nitrogen and oxygen atoms in total. The molecule has 20 heavy (non-hydrogen) atoms. The number of carboxylic acids is 1. The van der Waals surface area contributed by atoms with E-state index >= 15 is 0 Å². The smallest absolute Gasteiger partial charge is 0.406 e. The van der Waals surface area contributed by atoms with Crippen LogP contribution in [0.15, 0.2) is 12.1 Å². The Kier molecular flexibility index (Phi) is 3.72. The molecule has 1 unspecified atom stereocenters. The Hall–Kier alpha value is -1.28. The number of alkyl halides is 3. The minimum Gasteiger partial charge on any atom is -0.481 e. The van der Waals surface area contributed by atoms with E-state index < -0.39 is 36.4 Å². The van der Waals surface area contributed by atoms with Gasteiger partial charge in [-0.05, 0) is 18.6 Å². The highest BCUT2D eigenvalue weighted by molar-refractivity contribution is 7.17. The number of likely N-dealkylation sites (tertiary alicyclic amines) is 1. The number of hydrogen-bond acceptors (Lipinski definition) is 3. The monoisotopic (exact) mass is 327 g/mol. The predicted octanol–water partition coefficient (Wildman–Crippen LogP) is 2.88. The molecule has 1 amide bonds. The average molecular weight is 328 g/mol. The number of rotatable bonds is 2. The third-order valence-electron chi connectivity index (χ3n) is 3.29. The van der Waals surface area contributed by atoms with E-state index in [0.29, 0.717) is 4.34 Å². The van der Waals surface area contributed by atoms with Crippen LogP contribution < -0.4 is 0 Å². The first kappa shape index (κ1) is 15.1. The number of carboxylic acid groups (broad SMARTS) is 1. The number of carbonyl (C=O) groups is 2. The second-order valence-electron chi connectivity index (χ2n) is 4.47. The molecular weight excluding hydrogens is 319 g/mol. The van der Waals surface area contributed by atoms with Gasteiger partial charge in [0.25, 0.3) is 5.91 Å². The molecule has 0 saturated carbocycles. The van der Waals surface area contributed by atoms with Crippen molar-refractivity contribution in [3.8, 4) is 0 Å². The summed E-state index contributed by atoms with van der Waals surface area (Å²) in [5.74, 6) is -2.58. The first-order valence-corrected chi connectivity index (χ1v) is 6.71. The van der Waals surface area contributed by atoms with Crippen LogP contribution in [0.3, 0.4) is 0 Å². The van der Waals surface area contributed by atoms with Crippen molar-refractivity contribution >= 4 is 34.8 Å². The van der Waals surface area contributed by atoms with Crippen molar-refractivity contribution in [2.45, 2.75) is 12.6 Å². The van der Waals surface area contributed by atoms with Gasteiger partial charge in [0, 0.05) is 13.1 Å². The third kappa shape index (κ3) is 2.37. The molecule has 2 rings (SSSR count). The molecule has 1 N–H and O–H groups in total. The Balaban J connectivity index is 2.23. The minimum atomic E-state index is -4.90. The Labute approximate surface area is 120 Å². The summed E-state index contributed by atoms with van der Waals surface area (Å²) in [4.78, 5) is 24.1. The highest BCUT2D eigenvalue weighted by Gasteiger charge is 2.64. The van der Waals surface area contributed by atoms with Gasteiger partial charge in [0.05, 0.1) is 9.21 Å². The molecule has 1 aromatic heterocycles. The van der Waals surface area contributed by atoms with Gasteiger partial charge >= 0.3 is 12.1 Å². The lowest BCUT2D eigenvalue weighted by Crippen LogP contribution is -2.47. The van der Waals surface area contributed by atoms with E-state index in [4.69, 9.17) is 16.7 Å². The van der Waals surface area contributed by atoms with Gasteiger partial charge in [0.2, 0.25) is 0 Å². The fourth-order valence-corrected chi connectivity index (χ4v) is 3.11. The number of nitrogens with zero attached hydrogens (tertiary/aromatic N) is 1. The van der Waals surface area contributed by atoms with Gasteiger partial charge in [-0.25, -0.2) is 0 Å². The standard InChI is InChI=1S/C11H9ClF3NO3S/c12-7-2-1-6(20-7)8(17)16-4-3-10(5-16,9(18)19)11(13,14)15/h1-2H,3-5H2,(H,18,19). The van der Waals surface area contributed by atoms with Gasteiger partial charge in [-0.2, -0.15) is 13.2 Å². The number of aliphatic carboxylic acids is 1. The maximum absolute atomic E-state index is 13.0. The molecule has 1 aromatic rings. The summed E-state index contributed by atoms with van der Waals surface area (Å²) in [6, 6.07) is 2.87. The van der Waals surface area contributed by atoms with Crippen LogP contribution in [-0.2, 0) is 4.79 Å². The fraction of sp³-hybridized carbons (Fsp3) is 0.455. The van der Waals surface area contributed by atoms with Crippen molar-refractivity contribution in [1.29, 1.82) is 0 Å². The van der Waals surface area contributed by atoms with Gasteiger partial charge in [-0.3, -0.25) is 9.59 Å². The fourth-order valence-electron chi connectivity index (χ4n) is 2.10. The normalized spacial score (nSPS) is 23.1. The topological polar surface area (TPSA) is 57.6 Å². The third-order valence-corrected chi connectivity index (χ3v) is 4.51. The van der Waals surface area contributed by atoms with Crippen LogP contribution in [0, 0.1) is 5.41 Å². The average Bonchev–Trinajstić information content (AvgIpc) is 2.93. The van der Waals surface area contributed by atoms with Crippen LogP contribution in [0.2, 0.25) is 4.34 Å². The molecule has 0 spiro atoms. The van der Waals surface area contributed by atoms with Crippen LogP contribution in [0.5, 0.6) is 0 Å². The van der Waals surface area contributed by atoms with Gasteiger partial charge < -0.3 is 10.0 Å². The van der Waals surface area contributed by atoms with E-state index in [-0.39, 0.29) is 11.4 Å². The summed E-state index contributed by atoms with van der Waals surface area (Å²) in [5, 5.41) is 8.90. The summed E-state index contributed by atoms with van der Waals surface area (Å²) in [6.45, 7) is -1.12. The molecule has 1 aliphatic heterocycles. The van der Waals surface area contributed by atoms with Crippen LogP contribution in [0.4, 0.5) is 13.2 Å². The summed E-state index contributed by atoms with van der Waals surface area (Å²) in [5.41, 5.74) is -2.89. The molecule has 110 valence electrons. The number of hydrogen-bond donors (Lipinski definition) is 1. The summed E-state index contributed by atoms with van der Waals surface area (Å²) < 4.78 is 39.3. The summed E-state index contributed by atoms with van der Waals surface area (Å²) >= 11 is 6.61. The zero-order valence-electron chi connectivity index (χ0n) is 9.91. The van der Waals surface area contributed by atoms with Crippen molar-refractivity contribution in [3.63, 3.8) is 0 Å². The molecular formula is C11H9ClF3NO3S. The van der Waals surface area contributed by atoms with E-state index in [1.165, 1.54) is 12.1 Å². The number of halogens is 4. The van der Waals surface area contributed by atoms with Crippen LogP contribution >= 0.6 is 22.9 Å². The second kappa shape index (κ2) is 4.92. The largest absolute Gasteiger partial charge is 0.481 e. The van der Waals surface area contributed by atoms with Crippen molar-refractivity contribution < 1.29 is 27.9 Å². The molecule has 0 aromatic carbocycles. The Morgan fingerprint density at radius 2 is 2.05 bits per heavy atom. The lowest BCUT2D eigenvalue weighted by atomic mass is 9.86. The minimum absolute atomic E-state index is 0.193. The Morgan fingerprint density at radius 1 is 1.40 bits per heavy atom. The van der Waals surface area contributed by atoms with E-state index in [1.807, 2.05) is 0 Å². The van der Waals surface area contributed by atoms with Crippen LogP contribution in [0.25, 0.3) is 0 Å². The quantitative estimate of drug-likeness (QED) is 0.908. The summed E-state index contributed by atoms with van der Waals surface area (Å²) in [7, 11) is 0. The Bertz CT molecular complexity index is 559. The lowest BCUT2D eigenvalue weighted by Gasteiger charge is -2.27. The van der Waals surface area contributed by atoms with Gasteiger partial charge in [-0.15, -0.1) is 11.3 Å². The highest BCUT2D eigenvalue weighted by Crippen LogP contribution is 2.46. The maximum atomic E-state index is 13.0. The summed E-state index contributed by atoms with van der Waals surface area (Å²) in [6.07, 6.45) is -5.54. The molecule has 2 heterocycles. The molecule has 1 fully saturated rings. The molecule has 0 aliphatic carbocycles. The molecule has 1 saturated heterocycles. The van der Waals surface area contributed by atoms with E-state index in [9.17, 15) is 22.8 Å². The SMILES string of the molecule is O=C(c1ccc(Cl)s1)N1CCC(C(=O)O)(C(F)(F)F)C1. The van der Waals surface area contributed by atoms with Gasteiger partial charge in [-0.1, -0.05) is 11.6 Å². The molecule has 1 atom stereocenters. The number of amides is 1. The second-order valence-corrected chi connectivity index (χ2v) is 6.18. The zero-order valence-corrected chi connectivity index (χ0v) is 11.5. The highest BCUT2D eigenvalue weighted by atomic mass is 35.5. The van der Waals surface area contributed by atoms with Crippen molar-refractivity contribution in [1.82, 2.24) is 4.90 Å². The number of thiophene rings is 1. The predicted molar refractivity (Wildman–Crippen MR) is 66.0 cm³/mol. The van der Waals surface area contributed by atoms with Crippen LogP contribution in [0.1, 0.15) is 16.1 Å². The molecule has 9 heteroatoms. The van der Waals surface area contributed by atoms with Gasteiger partial charge in [0.1, 0.15) is 0 Å². The van der Waals surface area contributed by atoms with Crippen molar-refractivity contribution in [2.24, 2.45) is 5.41 Å².